The number of nitrogens with zero attached hydrogens (tertiary/aromatic N) is 1. The largest absolute Gasteiger partial charge is 0.330 e. The maximum Gasteiger partial charge on any atom is 0.0408 e. The highest BCUT2D eigenvalue weighted by molar-refractivity contribution is 6.30. The Bertz CT molecular complexity index is 354. The van der Waals surface area contributed by atoms with Gasteiger partial charge in [-0.2, -0.15) is 0 Å². The number of hydrogen-bond acceptors (Lipinski definition) is 2. The van der Waals surface area contributed by atoms with Crippen molar-refractivity contribution in [3.05, 3.63) is 34.9 Å². The molecule has 0 bridgehead atoms. The molecular formula is C14H23Cl3N2. The van der Waals surface area contributed by atoms with E-state index in [-0.39, 0.29) is 24.8 Å². The fourth-order valence-electron chi connectivity index (χ4n) is 2.53. The van der Waals surface area contributed by atoms with E-state index >= 15 is 0 Å². The Kier molecular flexibility index (Phi) is 9.85. The third kappa shape index (κ3) is 5.88. The monoisotopic (exact) mass is 324 g/mol. The molecule has 1 fully saturated rings. The third-order valence-corrected chi connectivity index (χ3v) is 3.83. The van der Waals surface area contributed by atoms with Gasteiger partial charge in [0.15, 0.2) is 0 Å². The molecule has 0 radical (unpaired) electrons. The van der Waals surface area contributed by atoms with Crippen molar-refractivity contribution in [3.63, 3.8) is 0 Å². The summed E-state index contributed by atoms with van der Waals surface area (Å²) in [4.78, 5) is 2.53. The Balaban J connectivity index is 0.00000162. The Hall–Kier alpha value is 0.01000. The second-order valence-corrected chi connectivity index (χ2v) is 5.26. The zero-order valence-corrected chi connectivity index (χ0v) is 13.4. The molecule has 0 amide bonds. The zero-order valence-electron chi connectivity index (χ0n) is 11.1. The normalized spacial score (nSPS) is 16.5. The highest BCUT2D eigenvalue weighted by Gasteiger charge is 2.15. The summed E-state index contributed by atoms with van der Waals surface area (Å²) >= 11 is 6.02. The summed E-state index contributed by atoms with van der Waals surface area (Å²) in [6.45, 7) is 4.38. The van der Waals surface area contributed by atoms with E-state index in [9.17, 15) is 0 Å². The van der Waals surface area contributed by atoms with E-state index in [2.05, 4.69) is 11.0 Å². The minimum Gasteiger partial charge on any atom is -0.330 e. The first kappa shape index (κ1) is 19.0. The molecule has 110 valence electrons. The summed E-state index contributed by atoms with van der Waals surface area (Å²) in [5.41, 5.74) is 7.16. The second kappa shape index (κ2) is 9.84. The molecule has 1 aliphatic heterocycles. The van der Waals surface area contributed by atoms with Gasteiger partial charge >= 0.3 is 0 Å². The summed E-state index contributed by atoms with van der Waals surface area (Å²) < 4.78 is 0. The maximum absolute atomic E-state index is 6.02. The van der Waals surface area contributed by atoms with E-state index in [1.807, 2.05) is 18.2 Å². The van der Waals surface area contributed by atoms with Crippen LogP contribution >= 0.6 is 36.4 Å². The highest BCUT2D eigenvalue weighted by Crippen LogP contribution is 2.22. The first-order valence-electron chi connectivity index (χ1n) is 6.47. The zero-order chi connectivity index (χ0) is 12.1. The van der Waals surface area contributed by atoms with E-state index in [0.717, 1.165) is 18.0 Å². The predicted molar refractivity (Wildman–Crippen MR) is 88.0 cm³/mol. The van der Waals surface area contributed by atoms with Gasteiger partial charge in [0.2, 0.25) is 0 Å². The van der Waals surface area contributed by atoms with E-state index < -0.39 is 0 Å². The van der Waals surface area contributed by atoms with Crippen molar-refractivity contribution < 1.29 is 0 Å². The van der Waals surface area contributed by atoms with E-state index in [4.69, 9.17) is 17.3 Å². The molecular weight excluding hydrogens is 303 g/mol. The minimum atomic E-state index is 0. The third-order valence-electron chi connectivity index (χ3n) is 3.60. The first-order valence-corrected chi connectivity index (χ1v) is 6.85. The molecule has 1 aliphatic rings. The van der Waals surface area contributed by atoms with Crippen molar-refractivity contribution in [3.8, 4) is 0 Å². The standard InChI is InChI=1S/C14H21ClN2.2ClH/c15-14-5-3-4-12(10-14)13(11-16)6-9-17-7-1-2-8-17;;/h3-5,10,13H,1-2,6-9,11,16H2;2*1H. The van der Waals surface area contributed by atoms with Crippen LogP contribution < -0.4 is 5.73 Å². The number of hydrogen-bond donors (Lipinski definition) is 1. The van der Waals surface area contributed by atoms with Gasteiger partial charge in [-0.15, -0.1) is 24.8 Å². The smallest absolute Gasteiger partial charge is 0.0408 e. The van der Waals surface area contributed by atoms with Crippen LogP contribution in [0.25, 0.3) is 0 Å². The fraction of sp³-hybridized carbons (Fsp3) is 0.571. The van der Waals surface area contributed by atoms with Crippen molar-refractivity contribution in [1.82, 2.24) is 4.90 Å². The Morgan fingerprint density at radius 1 is 1.21 bits per heavy atom. The van der Waals surface area contributed by atoms with Gasteiger partial charge < -0.3 is 10.6 Å². The molecule has 1 aromatic rings. The maximum atomic E-state index is 6.02. The number of likely N-dealkylation sites (tertiary alicyclic amines) is 1. The van der Waals surface area contributed by atoms with Crippen LogP contribution in [-0.2, 0) is 0 Å². The lowest BCUT2D eigenvalue weighted by Gasteiger charge is -2.20. The SMILES string of the molecule is Cl.Cl.NCC(CCN1CCCC1)c1cccc(Cl)c1. The molecule has 0 spiro atoms. The molecule has 0 aromatic heterocycles. The number of nitrogens with two attached hydrogens (primary N) is 1. The van der Waals surface area contributed by atoms with Crippen LogP contribution in [0.3, 0.4) is 0 Å². The van der Waals surface area contributed by atoms with Crippen molar-refractivity contribution >= 4 is 36.4 Å². The highest BCUT2D eigenvalue weighted by atomic mass is 35.5. The quantitative estimate of drug-likeness (QED) is 0.894. The average molecular weight is 326 g/mol. The van der Waals surface area contributed by atoms with Gasteiger partial charge in [0.1, 0.15) is 0 Å². The van der Waals surface area contributed by atoms with E-state index in [1.165, 1.54) is 31.5 Å². The first-order chi connectivity index (χ1) is 8.29. The second-order valence-electron chi connectivity index (χ2n) is 4.83. The fourth-order valence-corrected chi connectivity index (χ4v) is 2.72. The van der Waals surface area contributed by atoms with Crippen molar-refractivity contribution in [2.45, 2.75) is 25.2 Å². The molecule has 1 unspecified atom stereocenters. The van der Waals surface area contributed by atoms with Gasteiger partial charge in [-0.3, -0.25) is 0 Å². The summed E-state index contributed by atoms with van der Waals surface area (Å²) in [7, 11) is 0. The molecule has 1 heterocycles. The summed E-state index contributed by atoms with van der Waals surface area (Å²) in [5.74, 6) is 0.439. The Morgan fingerprint density at radius 3 is 2.47 bits per heavy atom. The van der Waals surface area contributed by atoms with Crippen LogP contribution in [0.15, 0.2) is 24.3 Å². The molecule has 1 aromatic carbocycles. The predicted octanol–water partition coefficient (Wildman–Crippen LogP) is 3.71. The molecule has 0 saturated carbocycles. The molecule has 2 N–H and O–H groups in total. The molecule has 1 atom stereocenters. The minimum absolute atomic E-state index is 0. The molecule has 2 rings (SSSR count). The summed E-state index contributed by atoms with van der Waals surface area (Å²) in [6.07, 6.45) is 3.84. The van der Waals surface area contributed by atoms with Crippen LogP contribution in [0, 0.1) is 0 Å². The molecule has 5 heteroatoms. The van der Waals surface area contributed by atoms with Gasteiger partial charge in [-0.25, -0.2) is 0 Å². The van der Waals surface area contributed by atoms with Crippen LogP contribution in [0.4, 0.5) is 0 Å². The van der Waals surface area contributed by atoms with Crippen LogP contribution in [0.1, 0.15) is 30.7 Å². The Morgan fingerprint density at radius 2 is 1.89 bits per heavy atom. The van der Waals surface area contributed by atoms with Gasteiger partial charge in [0.25, 0.3) is 0 Å². The van der Waals surface area contributed by atoms with Crippen LogP contribution in [0.5, 0.6) is 0 Å². The van der Waals surface area contributed by atoms with Crippen molar-refractivity contribution in [1.29, 1.82) is 0 Å². The Labute approximate surface area is 133 Å². The van der Waals surface area contributed by atoms with Crippen molar-refractivity contribution in [2.75, 3.05) is 26.2 Å². The number of rotatable bonds is 5. The molecule has 2 nitrogen and oxygen atoms in total. The van der Waals surface area contributed by atoms with Crippen LogP contribution in [0.2, 0.25) is 5.02 Å². The lowest BCUT2D eigenvalue weighted by molar-refractivity contribution is 0.322. The number of benzene rings is 1. The number of halogens is 3. The van der Waals surface area contributed by atoms with Gasteiger partial charge in [0.05, 0.1) is 0 Å². The topological polar surface area (TPSA) is 29.3 Å². The average Bonchev–Trinajstić information content (AvgIpc) is 2.83. The van der Waals surface area contributed by atoms with Crippen LogP contribution in [-0.4, -0.2) is 31.1 Å². The van der Waals surface area contributed by atoms with Gasteiger partial charge in [0, 0.05) is 5.02 Å². The lowest BCUT2D eigenvalue weighted by atomic mass is 9.96. The molecule has 19 heavy (non-hydrogen) atoms. The summed E-state index contributed by atoms with van der Waals surface area (Å²) in [5, 5.41) is 0.808. The van der Waals surface area contributed by atoms with Crippen molar-refractivity contribution in [2.24, 2.45) is 5.73 Å². The lowest BCUT2D eigenvalue weighted by Crippen LogP contribution is -2.24. The summed E-state index contributed by atoms with van der Waals surface area (Å²) in [6, 6.07) is 8.10. The van der Waals surface area contributed by atoms with E-state index in [0.29, 0.717) is 12.5 Å². The molecule has 0 aliphatic carbocycles. The van der Waals surface area contributed by atoms with E-state index in [1.54, 1.807) is 0 Å². The van der Waals surface area contributed by atoms with Gasteiger partial charge in [-0.1, -0.05) is 23.7 Å². The van der Waals surface area contributed by atoms with Gasteiger partial charge in [-0.05, 0) is 69.1 Å². The molecule has 1 saturated heterocycles.